The van der Waals surface area contributed by atoms with Gasteiger partial charge in [-0.3, -0.25) is 0 Å². The molecule has 0 unspecified atom stereocenters. The minimum Gasteiger partial charge on any atom is -0.482 e. The lowest BCUT2D eigenvalue weighted by atomic mass is 10.2. The molecule has 1 aromatic heterocycles. The summed E-state index contributed by atoms with van der Waals surface area (Å²) in [5.41, 5.74) is 0.736. The highest BCUT2D eigenvalue weighted by Crippen LogP contribution is 2.20. The van der Waals surface area contributed by atoms with Crippen LogP contribution in [0.15, 0.2) is 59.3 Å². The molecule has 3 rings (SSSR count). The molecule has 3 aromatic rings. The van der Waals surface area contributed by atoms with Crippen LogP contribution in [0, 0.1) is 0 Å². The van der Waals surface area contributed by atoms with E-state index in [0.717, 1.165) is 5.56 Å². The van der Waals surface area contributed by atoms with Crippen LogP contribution < -0.4 is 9.47 Å². The maximum Gasteiger partial charge on any atom is 0.349 e. The number of halogens is 1. The lowest BCUT2D eigenvalue weighted by Gasteiger charge is -2.07. The van der Waals surface area contributed by atoms with Crippen LogP contribution in [-0.4, -0.2) is 22.8 Å². The van der Waals surface area contributed by atoms with Crippen LogP contribution in [-0.2, 0) is 4.79 Å². The maximum atomic E-state index is 11.8. The van der Waals surface area contributed by atoms with E-state index < -0.39 is 5.97 Å². The summed E-state index contributed by atoms with van der Waals surface area (Å²) in [6, 6.07) is 13.4. The molecule has 0 aliphatic heterocycles. The molecule has 23 heavy (non-hydrogen) atoms. The van der Waals surface area contributed by atoms with Crippen molar-refractivity contribution in [3.63, 3.8) is 0 Å². The number of esters is 1. The van der Waals surface area contributed by atoms with Crippen LogP contribution in [0.1, 0.15) is 0 Å². The van der Waals surface area contributed by atoms with Crippen LogP contribution in [0.3, 0.4) is 0 Å². The Labute approximate surface area is 136 Å². The Morgan fingerprint density at radius 1 is 1.04 bits per heavy atom. The monoisotopic (exact) mass is 330 g/mol. The lowest BCUT2D eigenvalue weighted by molar-refractivity contribution is -0.136. The van der Waals surface area contributed by atoms with E-state index in [1.807, 2.05) is 0 Å². The Kier molecular flexibility index (Phi) is 4.54. The number of carbonyl (C=O) groups excluding carboxylic acids is 1. The molecular formula is C16H11ClN2O4. The van der Waals surface area contributed by atoms with E-state index in [1.165, 1.54) is 6.39 Å². The van der Waals surface area contributed by atoms with E-state index in [-0.39, 0.29) is 6.61 Å². The fourth-order valence-electron chi connectivity index (χ4n) is 1.80. The number of hydrogen-bond acceptors (Lipinski definition) is 6. The molecule has 0 bridgehead atoms. The minimum absolute atomic E-state index is 0.201. The SMILES string of the molecule is O=C(COc1ccc(Cl)cc1)Oc1ccc(-c2nnco2)cc1. The van der Waals surface area contributed by atoms with Gasteiger partial charge < -0.3 is 13.9 Å². The molecule has 7 heteroatoms. The van der Waals surface area contributed by atoms with E-state index in [9.17, 15) is 4.79 Å². The average Bonchev–Trinajstić information content (AvgIpc) is 3.09. The number of aromatic nitrogens is 2. The Hall–Kier alpha value is -2.86. The molecule has 0 radical (unpaired) electrons. The largest absolute Gasteiger partial charge is 0.482 e. The summed E-state index contributed by atoms with van der Waals surface area (Å²) >= 11 is 5.77. The summed E-state index contributed by atoms with van der Waals surface area (Å²) < 4.78 is 15.6. The zero-order chi connectivity index (χ0) is 16.1. The third-order valence-corrected chi connectivity index (χ3v) is 3.12. The first-order valence-corrected chi connectivity index (χ1v) is 7.04. The predicted molar refractivity (Wildman–Crippen MR) is 82.3 cm³/mol. The molecule has 116 valence electrons. The molecule has 1 heterocycles. The fraction of sp³-hybridized carbons (Fsp3) is 0.0625. The zero-order valence-electron chi connectivity index (χ0n) is 11.8. The number of rotatable bonds is 5. The standard InChI is InChI=1S/C16H11ClN2O4/c17-12-3-7-13(8-4-12)21-9-15(20)23-14-5-1-11(2-6-14)16-19-18-10-22-16/h1-8,10H,9H2. The molecule has 0 saturated heterocycles. The van der Waals surface area contributed by atoms with E-state index in [0.29, 0.717) is 22.4 Å². The van der Waals surface area contributed by atoms with E-state index in [2.05, 4.69) is 10.2 Å². The summed E-state index contributed by atoms with van der Waals surface area (Å²) in [4.78, 5) is 11.8. The number of nitrogens with zero attached hydrogens (tertiary/aromatic N) is 2. The molecular weight excluding hydrogens is 320 g/mol. The minimum atomic E-state index is -0.509. The van der Waals surface area contributed by atoms with Gasteiger partial charge in [0.25, 0.3) is 0 Å². The molecule has 0 spiro atoms. The number of benzene rings is 2. The van der Waals surface area contributed by atoms with Gasteiger partial charge >= 0.3 is 5.97 Å². The molecule has 0 fully saturated rings. The van der Waals surface area contributed by atoms with Gasteiger partial charge in [-0.1, -0.05) is 11.6 Å². The number of carbonyl (C=O) groups is 1. The number of hydrogen-bond donors (Lipinski definition) is 0. The summed E-state index contributed by atoms with van der Waals surface area (Å²) in [6.07, 6.45) is 1.25. The van der Waals surface area contributed by atoms with Gasteiger partial charge in [0.2, 0.25) is 12.3 Å². The van der Waals surface area contributed by atoms with Gasteiger partial charge in [0.1, 0.15) is 11.5 Å². The second-order valence-electron chi connectivity index (χ2n) is 4.48. The predicted octanol–water partition coefficient (Wildman–Crippen LogP) is 3.37. The molecule has 0 aliphatic rings. The summed E-state index contributed by atoms with van der Waals surface area (Å²) in [5, 5.41) is 7.99. The molecule has 6 nitrogen and oxygen atoms in total. The van der Waals surface area contributed by atoms with Crippen LogP contribution in [0.4, 0.5) is 0 Å². The average molecular weight is 331 g/mol. The van der Waals surface area contributed by atoms with E-state index in [4.69, 9.17) is 25.5 Å². The molecule has 2 aromatic carbocycles. The quantitative estimate of drug-likeness (QED) is 0.527. The maximum absolute atomic E-state index is 11.8. The van der Waals surface area contributed by atoms with E-state index >= 15 is 0 Å². The third kappa shape index (κ3) is 4.08. The van der Waals surface area contributed by atoms with Crippen molar-refractivity contribution in [2.75, 3.05) is 6.61 Å². The van der Waals surface area contributed by atoms with Crippen molar-refractivity contribution in [1.29, 1.82) is 0 Å². The first-order chi connectivity index (χ1) is 11.2. The van der Waals surface area contributed by atoms with Crippen LogP contribution in [0.25, 0.3) is 11.5 Å². The van der Waals surface area contributed by atoms with Gasteiger partial charge in [-0.2, -0.15) is 0 Å². The topological polar surface area (TPSA) is 74.5 Å². The molecule has 0 saturated carbocycles. The second kappa shape index (κ2) is 6.93. The van der Waals surface area contributed by atoms with E-state index in [1.54, 1.807) is 48.5 Å². The third-order valence-electron chi connectivity index (χ3n) is 2.86. The molecule has 0 aliphatic carbocycles. The Morgan fingerprint density at radius 3 is 2.39 bits per heavy atom. The van der Waals surface area contributed by atoms with Gasteiger partial charge in [0.05, 0.1) is 0 Å². The van der Waals surface area contributed by atoms with Crippen molar-refractivity contribution < 1.29 is 18.7 Å². The lowest BCUT2D eigenvalue weighted by Crippen LogP contribution is -2.17. The highest BCUT2D eigenvalue weighted by Gasteiger charge is 2.08. The Balaban J connectivity index is 1.54. The van der Waals surface area contributed by atoms with Gasteiger partial charge in [-0.05, 0) is 48.5 Å². The highest BCUT2D eigenvalue weighted by molar-refractivity contribution is 6.30. The molecule has 0 N–H and O–H groups in total. The van der Waals surface area contributed by atoms with Crippen molar-refractivity contribution in [3.8, 4) is 23.0 Å². The zero-order valence-corrected chi connectivity index (χ0v) is 12.6. The Morgan fingerprint density at radius 2 is 1.74 bits per heavy atom. The summed E-state index contributed by atoms with van der Waals surface area (Å²) in [5.74, 6) is 0.829. The van der Waals surface area contributed by atoms with Gasteiger partial charge in [-0.15, -0.1) is 10.2 Å². The Bertz CT molecular complexity index is 771. The molecule has 0 amide bonds. The summed E-state index contributed by atoms with van der Waals surface area (Å²) in [6.45, 7) is -0.201. The van der Waals surface area contributed by atoms with Gasteiger partial charge in [0, 0.05) is 10.6 Å². The van der Waals surface area contributed by atoms with Gasteiger partial charge in [-0.25, -0.2) is 4.79 Å². The smallest absolute Gasteiger partial charge is 0.349 e. The first kappa shape index (κ1) is 15.1. The van der Waals surface area contributed by atoms with Crippen molar-refractivity contribution >= 4 is 17.6 Å². The van der Waals surface area contributed by atoms with Crippen LogP contribution in [0.5, 0.6) is 11.5 Å². The normalized spacial score (nSPS) is 10.3. The van der Waals surface area contributed by atoms with Gasteiger partial charge in [0.15, 0.2) is 6.61 Å². The van der Waals surface area contributed by atoms with Crippen molar-refractivity contribution in [1.82, 2.24) is 10.2 Å². The van der Waals surface area contributed by atoms with Crippen molar-refractivity contribution in [2.24, 2.45) is 0 Å². The summed E-state index contributed by atoms with van der Waals surface area (Å²) in [7, 11) is 0. The molecule has 0 atom stereocenters. The fourth-order valence-corrected chi connectivity index (χ4v) is 1.92. The second-order valence-corrected chi connectivity index (χ2v) is 4.92. The number of ether oxygens (including phenoxy) is 2. The van der Waals surface area contributed by atoms with Crippen LogP contribution in [0.2, 0.25) is 5.02 Å². The van der Waals surface area contributed by atoms with Crippen molar-refractivity contribution in [2.45, 2.75) is 0 Å². The first-order valence-electron chi connectivity index (χ1n) is 6.66. The van der Waals surface area contributed by atoms with Crippen molar-refractivity contribution in [3.05, 3.63) is 59.9 Å². The van der Waals surface area contributed by atoms with Crippen LogP contribution >= 0.6 is 11.6 Å². The highest BCUT2D eigenvalue weighted by atomic mass is 35.5.